The third kappa shape index (κ3) is 51.4. The highest BCUT2D eigenvalue weighted by Gasteiger charge is 2.26. The third-order valence-corrected chi connectivity index (χ3v) is 12.6. The Morgan fingerprint density at radius 1 is 0.500 bits per heavy atom. The smallest absolute Gasteiger partial charge is 0.457 e. The molecule has 0 bridgehead atoms. The van der Waals surface area contributed by atoms with Crippen LogP contribution < -0.4 is 0 Å². The molecule has 0 aliphatic carbocycles. The van der Waals surface area contributed by atoms with Crippen molar-refractivity contribution in [3.8, 4) is 0 Å². The van der Waals surface area contributed by atoms with Crippen molar-refractivity contribution in [2.45, 2.75) is 245 Å². The lowest BCUT2D eigenvalue weighted by molar-refractivity contribution is -0.870. The lowest BCUT2D eigenvalue weighted by Gasteiger charge is -2.24. The van der Waals surface area contributed by atoms with Crippen molar-refractivity contribution in [3.63, 3.8) is 0 Å². The molecule has 0 aliphatic rings. The molecule has 8 nitrogen and oxygen atoms in total. The average Bonchev–Trinajstić information content (AvgIpc) is 3.25. The summed E-state index contributed by atoms with van der Waals surface area (Å²) in [7, 11) is 1.67. The van der Waals surface area contributed by atoms with E-state index in [-0.39, 0.29) is 25.8 Å². The Balaban J connectivity index is 4.11. The molecule has 0 saturated heterocycles. The number of carbonyl (C=O) groups is 1. The minimum atomic E-state index is -4.28. The first-order chi connectivity index (χ1) is 31.1. The first-order valence-electron chi connectivity index (χ1n) is 26.9. The number of likely N-dealkylation sites (N-methyl/N-ethyl adjacent to an activating group) is 1. The maximum absolute atomic E-state index is 12.8. The first kappa shape index (κ1) is 62.5. The summed E-state index contributed by atoms with van der Waals surface area (Å²) < 4.78 is 35.2. The zero-order valence-corrected chi connectivity index (χ0v) is 43.7. The Hall–Kier alpha value is -1.54. The van der Waals surface area contributed by atoms with Gasteiger partial charge in [0.15, 0.2) is 0 Å². The zero-order chi connectivity index (χ0) is 46.9. The summed E-state index contributed by atoms with van der Waals surface area (Å²) in [5, 5.41) is 0. The molecule has 0 spiro atoms. The van der Waals surface area contributed by atoms with Crippen LogP contribution in [0.25, 0.3) is 0 Å². The van der Waals surface area contributed by atoms with Gasteiger partial charge in [0.1, 0.15) is 19.3 Å². The number of rotatable bonds is 50. The van der Waals surface area contributed by atoms with Gasteiger partial charge in [-0.15, -0.1) is 0 Å². The number of nitrogens with zero attached hydrogens (tertiary/aromatic N) is 1. The highest BCUT2D eigenvalue weighted by atomic mass is 31.2. The van der Waals surface area contributed by atoms with Crippen molar-refractivity contribution in [2.75, 3.05) is 54.1 Å². The van der Waals surface area contributed by atoms with Gasteiger partial charge in [-0.1, -0.05) is 229 Å². The molecule has 0 radical (unpaired) electrons. The molecule has 0 aromatic heterocycles. The Labute approximate surface area is 397 Å². The Bertz CT molecular complexity index is 1160. The molecule has 1 N–H and O–H groups in total. The van der Waals surface area contributed by atoms with Crippen molar-refractivity contribution in [2.24, 2.45) is 0 Å². The quantitative estimate of drug-likeness (QED) is 0.0214. The van der Waals surface area contributed by atoms with Gasteiger partial charge in [0.25, 0.3) is 0 Å². The highest BCUT2D eigenvalue weighted by molar-refractivity contribution is 7.47. The van der Waals surface area contributed by atoms with Crippen LogP contribution in [0.5, 0.6) is 0 Å². The second kappa shape index (κ2) is 47.9. The molecular weight excluding hydrogens is 818 g/mol. The summed E-state index contributed by atoms with van der Waals surface area (Å²) in [6.07, 6.45) is 60.2. The van der Waals surface area contributed by atoms with Gasteiger partial charge >= 0.3 is 13.8 Å². The summed E-state index contributed by atoms with van der Waals surface area (Å²) in [6, 6.07) is 0. The molecule has 9 heteroatoms. The Morgan fingerprint density at radius 2 is 0.906 bits per heavy atom. The van der Waals surface area contributed by atoms with Crippen LogP contribution >= 0.6 is 7.82 Å². The number of carbonyl (C=O) groups excluding carboxylic acids is 1. The van der Waals surface area contributed by atoms with Crippen molar-refractivity contribution < 1.29 is 37.3 Å². The van der Waals surface area contributed by atoms with Crippen molar-refractivity contribution in [3.05, 3.63) is 48.6 Å². The Morgan fingerprint density at radius 3 is 1.36 bits per heavy atom. The molecule has 0 rings (SSSR count). The van der Waals surface area contributed by atoms with Crippen LogP contribution in [0.3, 0.4) is 0 Å². The molecule has 0 amide bonds. The molecule has 2 unspecified atom stereocenters. The summed E-state index contributed by atoms with van der Waals surface area (Å²) in [5.41, 5.74) is 0. The summed E-state index contributed by atoms with van der Waals surface area (Å²) in [5.74, 6) is -0.312. The average molecular weight is 923 g/mol. The van der Waals surface area contributed by atoms with Crippen LogP contribution in [0.2, 0.25) is 0 Å². The fourth-order valence-electron chi connectivity index (χ4n) is 7.55. The zero-order valence-electron chi connectivity index (χ0n) is 42.8. The van der Waals surface area contributed by atoms with Gasteiger partial charge in [-0.3, -0.25) is 13.8 Å². The second-order valence-corrected chi connectivity index (χ2v) is 20.7. The molecule has 0 aromatic carbocycles. The predicted octanol–water partition coefficient (Wildman–Crippen LogP) is 16.7. The lowest BCUT2D eigenvalue weighted by Crippen LogP contribution is -2.37. The van der Waals surface area contributed by atoms with E-state index in [0.717, 1.165) is 57.8 Å². The van der Waals surface area contributed by atoms with E-state index in [1.807, 2.05) is 21.1 Å². The number of esters is 1. The van der Waals surface area contributed by atoms with Gasteiger partial charge in [0.2, 0.25) is 0 Å². The Kier molecular flexibility index (Phi) is 46.8. The van der Waals surface area contributed by atoms with Gasteiger partial charge < -0.3 is 18.9 Å². The molecule has 2 atom stereocenters. The molecule has 0 saturated carbocycles. The van der Waals surface area contributed by atoms with Crippen LogP contribution in [0.15, 0.2) is 48.6 Å². The monoisotopic (exact) mass is 923 g/mol. The number of hydrogen-bond donors (Lipinski definition) is 1. The minimum Gasteiger partial charge on any atom is -0.457 e. The lowest BCUT2D eigenvalue weighted by atomic mass is 10.0. The number of unbranched alkanes of at least 4 members (excludes halogenated alkanes) is 28. The van der Waals surface area contributed by atoms with Gasteiger partial charge in [-0.25, -0.2) is 4.57 Å². The minimum absolute atomic E-state index is 0.0877. The van der Waals surface area contributed by atoms with Gasteiger partial charge in [-0.2, -0.15) is 0 Å². The van der Waals surface area contributed by atoms with Crippen molar-refractivity contribution >= 4 is 13.8 Å². The predicted molar refractivity (Wildman–Crippen MR) is 275 cm³/mol. The van der Waals surface area contributed by atoms with Crippen LogP contribution in [0.4, 0.5) is 0 Å². The van der Waals surface area contributed by atoms with Gasteiger partial charge in [0, 0.05) is 13.0 Å². The number of phosphoric acid groups is 1. The molecule has 376 valence electrons. The number of ether oxygens (including phenoxy) is 2. The van der Waals surface area contributed by atoms with E-state index in [4.69, 9.17) is 18.5 Å². The topological polar surface area (TPSA) is 91.3 Å². The van der Waals surface area contributed by atoms with Crippen LogP contribution in [-0.2, 0) is 27.9 Å². The van der Waals surface area contributed by atoms with Gasteiger partial charge in [-0.05, 0) is 51.4 Å². The summed E-state index contributed by atoms with van der Waals surface area (Å²) >= 11 is 0. The molecule has 64 heavy (non-hydrogen) atoms. The van der Waals surface area contributed by atoms with E-state index >= 15 is 0 Å². The van der Waals surface area contributed by atoms with Crippen molar-refractivity contribution in [1.82, 2.24) is 0 Å². The highest BCUT2D eigenvalue weighted by Crippen LogP contribution is 2.43. The van der Waals surface area contributed by atoms with E-state index in [0.29, 0.717) is 24.1 Å². The molecular formula is C55H105NO7P+. The standard InChI is InChI=1S/C55H104NO7P/c1-6-8-10-12-14-16-18-20-22-24-26-28-29-31-33-35-37-39-41-43-45-47-50-60-52-54(53-62-64(58,59)61-51-49-56(3,4)5)63-55(57)48-46-44-42-40-38-36-34-32-30-27-25-23-21-19-17-15-13-11-9-7-2/h8,10,14,16,20,22,26,28,54H,6-7,9,11-13,15,17-19,21,23-25,27,29-53H2,1-5H3/p+1/b10-8-,16-14-,22-20-,28-26-. The molecule has 0 fully saturated rings. The maximum atomic E-state index is 12.8. The molecule has 0 heterocycles. The van der Waals surface area contributed by atoms with E-state index in [1.54, 1.807) is 0 Å². The number of quaternary nitrogens is 1. The normalized spacial score (nSPS) is 13.9. The second-order valence-electron chi connectivity index (χ2n) is 19.2. The van der Waals surface area contributed by atoms with Crippen LogP contribution in [0.1, 0.15) is 239 Å². The van der Waals surface area contributed by atoms with E-state index in [1.165, 1.54) is 161 Å². The molecule has 0 aliphatic heterocycles. The first-order valence-corrected chi connectivity index (χ1v) is 28.4. The summed E-state index contributed by atoms with van der Waals surface area (Å²) in [4.78, 5) is 23.0. The number of allylic oxidation sites excluding steroid dienone is 8. The van der Waals surface area contributed by atoms with Gasteiger partial charge in [0.05, 0.1) is 34.4 Å². The van der Waals surface area contributed by atoms with Crippen molar-refractivity contribution in [1.29, 1.82) is 0 Å². The van der Waals surface area contributed by atoms with Crippen LogP contribution in [-0.4, -0.2) is 75.6 Å². The van der Waals surface area contributed by atoms with E-state index < -0.39 is 13.9 Å². The number of hydrogen-bond acceptors (Lipinski definition) is 6. The van der Waals surface area contributed by atoms with Crippen LogP contribution in [0, 0.1) is 0 Å². The third-order valence-electron chi connectivity index (χ3n) is 11.7. The SMILES string of the molecule is CC/C=C\C/C=C\C/C=C\C/C=C\CCCCCCCCCCCOCC(COP(=O)(O)OCC[N+](C)(C)C)OC(=O)CCCCCCCCCCCCCCCCCCCCCC. The molecule has 0 aromatic rings. The summed E-state index contributed by atoms with van der Waals surface area (Å²) in [6.45, 7) is 5.54. The van der Waals surface area contributed by atoms with E-state index in [9.17, 15) is 14.3 Å². The fraction of sp³-hybridized carbons (Fsp3) is 0.836. The largest absolute Gasteiger partial charge is 0.472 e. The fourth-order valence-corrected chi connectivity index (χ4v) is 8.29. The van der Waals surface area contributed by atoms with E-state index in [2.05, 4.69) is 62.5 Å². The number of phosphoric ester groups is 1. The maximum Gasteiger partial charge on any atom is 0.472 e.